The molecular weight excluding hydrogens is 314 g/mol. The molecule has 11 heteroatoms. The van der Waals surface area contributed by atoms with Crippen LogP contribution in [0.15, 0.2) is 0 Å². The number of hydrogen-bond acceptors (Lipinski definition) is 5. The minimum Gasteiger partial charge on any atom is -0.388 e. The Hall–Kier alpha value is -0.620. The lowest BCUT2D eigenvalue weighted by Gasteiger charge is -2.37. The Morgan fingerprint density at radius 2 is 1.48 bits per heavy atom. The molecule has 2 aliphatic heterocycles. The Balaban J connectivity index is 2.42. The van der Waals surface area contributed by atoms with E-state index in [1.807, 2.05) is 0 Å². The lowest BCUT2D eigenvalue weighted by atomic mass is 10.0. The number of aliphatic hydroxyl groups is 1. The highest BCUT2D eigenvalue weighted by atomic mass is 19.4. The summed E-state index contributed by atoms with van der Waals surface area (Å²) in [4.78, 5) is 0. The van der Waals surface area contributed by atoms with Gasteiger partial charge in [0, 0.05) is 7.11 Å². The van der Waals surface area contributed by atoms with Crippen LogP contribution in [0, 0.1) is 0 Å². The number of aliphatic hydroxyl groups excluding tert-OH is 1. The van der Waals surface area contributed by atoms with Crippen molar-refractivity contribution in [2.75, 3.05) is 7.11 Å². The fraction of sp³-hybridized carbons (Fsp3) is 1.00. The largest absolute Gasteiger partial charge is 0.453 e. The molecule has 0 bridgehead atoms. The van der Waals surface area contributed by atoms with Gasteiger partial charge in [-0.3, -0.25) is 0 Å². The molecule has 0 aromatic carbocycles. The predicted molar refractivity (Wildman–Crippen MR) is 51.9 cm³/mol. The normalized spacial score (nSPS) is 40.1. The number of rotatable bonds is 1. The van der Waals surface area contributed by atoms with Gasteiger partial charge in [-0.25, -0.2) is 0 Å². The van der Waals surface area contributed by atoms with Crippen LogP contribution in [0.2, 0.25) is 0 Å². The van der Waals surface area contributed by atoms with Gasteiger partial charge >= 0.3 is 18.1 Å². The van der Waals surface area contributed by atoms with Crippen molar-refractivity contribution < 1.29 is 50.4 Å². The molecule has 124 valence electrons. The van der Waals surface area contributed by atoms with Gasteiger partial charge in [-0.15, -0.1) is 0 Å². The Bertz CT molecular complexity index is 374. The molecule has 0 unspecified atom stereocenters. The van der Waals surface area contributed by atoms with Gasteiger partial charge in [-0.05, 0) is 6.92 Å². The Labute approximate surface area is 114 Å². The van der Waals surface area contributed by atoms with Gasteiger partial charge in [0.05, 0.1) is 6.10 Å². The topological polar surface area (TPSA) is 57.2 Å². The second kappa shape index (κ2) is 4.95. The maximum Gasteiger partial charge on any atom is 0.453 e. The molecule has 0 saturated carbocycles. The van der Waals surface area contributed by atoms with Crippen LogP contribution in [-0.4, -0.2) is 61.1 Å². The van der Waals surface area contributed by atoms with E-state index in [9.17, 15) is 31.4 Å². The van der Waals surface area contributed by atoms with Crippen molar-refractivity contribution in [1.82, 2.24) is 0 Å². The smallest absolute Gasteiger partial charge is 0.388 e. The number of ether oxygens (including phenoxy) is 4. The maximum absolute atomic E-state index is 12.9. The molecule has 2 fully saturated rings. The van der Waals surface area contributed by atoms with E-state index in [0.717, 1.165) is 7.11 Å². The third-order valence-electron chi connectivity index (χ3n) is 3.34. The van der Waals surface area contributed by atoms with Crippen LogP contribution < -0.4 is 0 Å². The minimum absolute atomic E-state index is 1.02. The summed E-state index contributed by atoms with van der Waals surface area (Å²) in [7, 11) is 1.02. The Morgan fingerprint density at radius 1 is 1.00 bits per heavy atom. The first-order chi connectivity index (χ1) is 9.44. The summed E-state index contributed by atoms with van der Waals surface area (Å²) < 4.78 is 95.1. The van der Waals surface area contributed by atoms with Crippen molar-refractivity contribution in [3.63, 3.8) is 0 Å². The van der Waals surface area contributed by atoms with Crippen molar-refractivity contribution in [2.24, 2.45) is 0 Å². The molecule has 0 radical (unpaired) electrons. The van der Waals surface area contributed by atoms with Gasteiger partial charge in [-0.1, -0.05) is 0 Å². The summed E-state index contributed by atoms with van der Waals surface area (Å²) in [6, 6.07) is 0. The molecule has 0 aromatic heterocycles. The lowest BCUT2D eigenvalue weighted by Crippen LogP contribution is -2.58. The molecule has 5 nitrogen and oxygen atoms in total. The van der Waals surface area contributed by atoms with Gasteiger partial charge in [0.2, 0.25) is 0 Å². The predicted octanol–water partition coefficient (Wildman–Crippen LogP) is 1.34. The van der Waals surface area contributed by atoms with Crippen LogP contribution in [0.25, 0.3) is 0 Å². The summed E-state index contributed by atoms with van der Waals surface area (Å²) in [5, 5.41) is 9.70. The summed E-state index contributed by atoms with van der Waals surface area (Å²) in [6.45, 7) is 1.26. The number of fused-ring (bicyclic) bond motifs is 1. The van der Waals surface area contributed by atoms with Crippen LogP contribution >= 0.6 is 0 Å². The fourth-order valence-electron chi connectivity index (χ4n) is 2.27. The van der Waals surface area contributed by atoms with Crippen LogP contribution in [-0.2, 0) is 18.9 Å². The number of alkyl halides is 6. The highest BCUT2D eigenvalue weighted by Crippen LogP contribution is 2.53. The van der Waals surface area contributed by atoms with Crippen molar-refractivity contribution in [1.29, 1.82) is 0 Å². The minimum atomic E-state index is -5.89. The molecule has 0 aromatic rings. The van der Waals surface area contributed by atoms with E-state index >= 15 is 0 Å². The van der Waals surface area contributed by atoms with E-state index in [0.29, 0.717) is 0 Å². The van der Waals surface area contributed by atoms with Crippen molar-refractivity contribution in [3.05, 3.63) is 0 Å². The van der Waals surface area contributed by atoms with E-state index in [2.05, 4.69) is 14.2 Å². The van der Waals surface area contributed by atoms with Crippen LogP contribution in [0.1, 0.15) is 6.92 Å². The number of methoxy groups -OCH3 is 1. The van der Waals surface area contributed by atoms with Gasteiger partial charge < -0.3 is 24.1 Å². The van der Waals surface area contributed by atoms with Gasteiger partial charge in [0.1, 0.15) is 18.3 Å². The van der Waals surface area contributed by atoms with Crippen LogP contribution in [0.4, 0.5) is 26.3 Å². The van der Waals surface area contributed by atoms with Gasteiger partial charge in [0.15, 0.2) is 6.29 Å². The Morgan fingerprint density at radius 3 is 1.90 bits per heavy atom. The maximum atomic E-state index is 12.9. The molecule has 2 aliphatic rings. The van der Waals surface area contributed by atoms with E-state index < -0.39 is 48.8 Å². The van der Waals surface area contributed by atoms with Crippen molar-refractivity contribution >= 4 is 0 Å². The molecule has 5 atom stereocenters. The lowest BCUT2D eigenvalue weighted by molar-refractivity contribution is -0.448. The summed E-state index contributed by atoms with van der Waals surface area (Å²) >= 11 is 0. The zero-order valence-corrected chi connectivity index (χ0v) is 10.7. The third-order valence-corrected chi connectivity index (χ3v) is 3.34. The molecule has 1 N–H and O–H groups in total. The first-order valence-corrected chi connectivity index (χ1v) is 5.80. The SMILES string of the molecule is CO[C@@H]1O[C@@H](C)[C@H](O)[C@H]2OC(C(F)(F)F)(C(F)(F)F)O[C@@H]12. The van der Waals surface area contributed by atoms with Gasteiger partial charge in [-0.2, -0.15) is 26.3 Å². The van der Waals surface area contributed by atoms with Crippen LogP contribution in [0.3, 0.4) is 0 Å². The highest BCUT2D eigenvalue weighted by Gasteiger charge is 2.80. The van der Waals surface area contributed by atoms with E-state index in [1.54, 1.807) is 0 Å². The Kier molecular flexibility index (Phi) is 3.94. The average molecular weight is 326 g/mol. The van der Waals surface area contributed by atoms with Crippen LogP contribution in [0.5, 0.6) is 0 Å². The zero-order valence-electron chi connectivity index (χ0n) is 10.7. The van der Waals surface area contributed by atoms with Crippen molar-refractivity contribution in [2.45, 2.75) is 55.8 Å². The molecule has 0 amide bonds. The summed E-state index contributed by atoms with van der Waals surface area (Å²) in [5.41, 5.74) is 0. The zero-order chi connectivity index (χ0) is 16.2. The van der Waals surface area contributed by atoms with E-state index in [4.69, 9.17) is 4.74 Å². The monoisotopic (exact) mass is 326 g/mol. The molecule has 0 spiro atoms. The second-order valence-electron chi connectivity index (χ2n) is 4.71. The second-order valence-corrected chi connectivity index (χ2v) is 4.71. The molecule has 2 heterocycles. The summed E-state index contributed by atoms with van der Waals surface area (Å²) in [6.07, 6.45) is -19.9. The number of hydrogen-bond donors (Lipinski definition) is 1. The standard InChI is InChI=1S/C10H12F6O5/c1-3-4(17)5-6(7(18-2)19-3)21-8(20-5,9(11,12)13)10(14,15)16/h3-7,17H,1-2H3/t3-,4-,5+,6+,7+/m0/s1. The average Bonchev–Trinajstić information content (AvgIpc) is 2.74. The molecule has 21 heavy (non-hydrogen) atoms. The first kappa shape index (κ1) is 16.7. The van der Waals surface area contributed by atoms with E-state index in [-0.39, 0.29) is 0 Å². The molecule has 0 aliphatic carbocycles. The highest BCUT2D eigenvalue weighted by molar-refractivity contribution is 5.02. The van der Waals surface area contributed by atoms with E-state index in [1.165, 1.54) is 6.92 Å². The van der Waals surface area contributed by atoms with Gasteiger partial charge in [0.25, 0.3) is 0 Å². The first-order valence-electron chi connectivity index (χ1n) is 5.80. The van der Waals surface area contributed by atoms with Crippen molar-refractivity contribution in [3.8, 4) is 0 Å². The third kappa shape index (κ3) is 2.40. The fourth-order valence-corrected chi connectivity index (χ4v) is 2.27. The number of halogens is 6. The molecular formula is C10H12F6O5. The molecule has 2 rings (SSSR count). The summed E-state index contributed by atoms with van der Waals surface area (Å²) in [5.74, 6) is -4.82. The molecule has 2 saturated heterocycles. The quantitative estimate of drug-likeness (QED) is 0.737.